The summed E-state index contributed by atoms with van der Waals surface area (Å²) in [5.74, 6) is 0.950. The van der Waals surface area contributed by atoms with E-state index in [0.29, 0.717) is 0 Å². The Balaban J connectivity index is 1.88. The normalized spacial score (nSPS) is 16.7. The van der Waals surface area contributed by atoms with Gasteiger partial charge in [0.05, 0.1) is 0 Å². The maximum atomic E-state index is 3.72. The number of rotatable bonds is 14. The van der Waals surface area contributed by atoms with Gasteiger partial charge < -0.3 is 5.32 Å². The van der Waals surface area contributed by atoms with Crippen LogP contribution in [0.4, 0.5) is 0 Å². The first-order chi connectivity index (χ1) is 9.36. The van der Waals surface area contributed by atoms with Gasteiger partial charge in [-0.25, -0.2) is 0 Å². The minimum Gasteiger partial charge on any atom is -0.314 e. The van der Waals surface area contributed by atoms with Crippen LogP contribution in [0.25, 0.3) is 0 Å². The molecule has 1 unspecified atom stereocenters. The van der Waals surface area contributed by atoms with Gasteiger partial charge in [-0.1, -0.05) is 71.6 Å². The van der Waals surface area contributed by atoms with Crippen LogP contribution in [0.15, 0.2) is 0 Å². The van der Waals surface area contributed by atoms with Gasteiger partial charge in [-0.05, 0) is 38.1 Å². The Labute approximate surface area is 121 Å². The zero-order valence-electron chi connectivity index (χ0n) is 13.6. The van der Waals surface area contributed by atoms with Gasteiger partial charge in [-0.15, -0.1) is 0 Å². The molecule has 0 saturated heterocycles. The van der Waals surface area contributed by atoms with Gasteiger partial charge >= 0.3 is 0 Å². The molecule has 0 heterocycles. The van der Waals surface area contributed by atoms with Crippen molar-refractivity contribution in [2.75, 3.05) is 6.54 Å². The van der Waals surface area contributed by atoms with Crippen LogP contribution >= 0.6 is 0 Å². The lowest BCUT2D eigenvalue weighted by Gasteiger charge is -2.16. The fourth-order valence-corrected chi connectivity index (χ4v) is 2.94. The zero-order chi connectivity index (χ0) is 13.8. The molecule has 0 spiro atoms. The lowest BCUT2D eigenvalue weighted by Crippen LogP contribution is -2.24. The Morgan fingerprint density at radius 1 is 0.789 bits per heavy atom. The Hall–Kier alpha value is -0.0400. The molecule has 1 aliphatic carbocycles. The molecular formula is C18H37N. The average Bonchev–Trinajstić information content (AvgIpc) is 3.23. The molecule has 0 aromatic rings. The molecule has 1 aliphatic rings. The average molecular weight is 268 g/mol. The maximum absolute atomic E-state index is 3.72. The lowest BCUT2D eigenvalue weighted by molar-refractivity contribution is 0.393. The second-order valence-corrected chi connectivity index (χ2v) is 6.60. The van der Waals surface area contributed by atoms with Gasteiger partial charge in [0.15, 0.2) is 0 Å². The van der Waals surface area contributed by atoms with Crippen molar-refractivity contribution in [1.82, 2.24) is 5.32 Å². The molecule has 1 nitrogen and oxygen atoms in total. The molecule has 0 aromatic carbocycles. The van der Waals surface area contributed by atoms with Crippen LogP contribution in [-0.2, 0) is 0 Å². The summed E-state index contributed by atoms with van der Waals surface area (Å²) in [6.07, 6.45) is 18.7. The summed E-state index contributed by atoms with van der Waals surface area (Å²) in [6.45, 7) is 5.91. The van der Waals surface area contributed by atoms with E-state index >= 15 is 0 Å². The maximum Gasteiger partial charge on any atom is 0.00683 e. The van der Waals surface area contributed by atoms with Crippen LogP contribution in [0.5, 0.6) is 0 Å². The summed E-state index contributed by atoms with van der Waals surface area (Å²) in [7, 11) is 0. The quantitative estimate of drug-likeness (QED) is 0.399. The SMILES string of the molecule is CCCCCCCCCCC(CCC)CNC1CC1. The van der Waals surface area contributed by atoms with Gasteiger partial charge in [0, 0.05) is 6.04 Å². The van der Waals surface area contributed by atoms with Crippen molar-refractivity contribution in [3.63, 3.8) is 0 Å². The molecule has 0 bridgehead atoms. The minimum atomic E-state index is 0.887. The molecule has 19 heavy (non-hydrogen) atoms. The van der Waals surface area contributed by atoms with Crippen molar-refractivity contribution >= 4 is 0 Å². The molecule has 0 amide bonds. The van der Waals surface area contributed by atoms with Gasteiger partial charge in [-0.3, -0.25) is 0 Å². The topological polar surface area (TPSA) is 12.0 Å². The van der Waals surface area contributed by atoms with E-state index in [4.69, 9.17) is 0 Å². The van der Waals surface area contributed by atoms with Crippen molar-refractivity contribution in [3.05, 3.63) is 0 Å². The zero-order valence-corrected chi connectivity index (χ0v) is 13.6. The summed E-state index contributed by atoms with van der Waals surface area (Å²) >= 11 is 0. The van der Waals surface area contributed by atoms with Crippen LogP contribution in [0.1, 0.15) is 97.3 Å². The Morgan fingerprint density at radius 3 is 2.00 bits per heavy atom. The second-order valence-electron chi connectivity index (χ2n) is 6.60. The molecule has 1 rings (SSSR count). The van der Waals surface area contributed by atoms with E-state index < -0.39 is 0 Å². The molecule has 1 saturated carbocycles. The third-order valence-electron chi connectivity index (χ3n) is 4.44. The highest BCUT2D eigenvalue weighted by molar-refractivity contribution is 4.81. The number of hydrogen-bond donors (Lipinski definition) is 1. The summed E-state index contributed by atoms with van der Waals surface area (Å²) in [4.78, 5) is 0. The molecule has 1 atom stereocenters. The summed E-state index contributed by atoms with van der Waals surface area (Å²) in [5.41, 5.74) is 0. The smallest absolute Gasteiger partial charge is 0.00683 e. The van der Waals surface area contributed by atoms with Crippen molar-refractivity contribution in [1.29, 1.82) is 0 Å². The third-order valence-corrected chi connectivity index (χ3v) is 4.44. The fraction of sp³-hybridized carbons (Fsp3) is 1.00. The largest absolute Gasteiger partial charge is 0.314 e. The van der Waals surface area contributed by atoms with E-state index in [9.17, 15) is 0 Å². The molecule has 1 fully saturated rings. The summed E-state index contributed by atoms with van der Waals surface area (Å²) in [5, 5.41) is 3.72. The highest BCUT2D eigenvalue weighted by atomic mass is 14.9. The van der Waals surface area contributed by atoms with Crippen LogP contribution in [-0.4, -0.2) is 12.6 Å². The molecule has 1 heteroatoms. The fourth-order valence-electron chi connectivity index (χ4n) is 2.94. The molecular weight excluding hydrogens is 230 g/mol. The molecule has 1 N–H and O–H groups in total. The van der Waals surface area contributed by atoms with E-state index in [0.717, 1.165) is 12.0 Å². The first-order valence-corrected chi connectivity index (χ1v) is 9.10. The van der Waals surface area contributed by atoms with Gasteiger partial charge in [0.1, 0.15) is 0 Å². The van der Waals surface area contributed by atoms with E-state index in [1.165, 1.54) is 90.0 Å². The van der Waals surface area contributed by atoms with Crippen molar-refractivity contribution in [2.45, 2.75) is 103 Å². The van der Waals surface area contributed by atoms with E-state index in [2.05, 4.69) is 19.2 Å². The van der Waals surface area contributed by atoms with Crippen LogP contribution in [0.2, 0.25) is 0 Å². The lowest BCUT2D eigenvalue weighted by atomic mass is 9.95. The number of hydrogen-bond acceptors (Lipinski definition) is 1. The Kier molecular flexibility index (Phi) is 10.5. The second kappa shape index (κ2) is 11.8. The van der Waals surface area contributed by atoms with Gasteiger partial charge in [0.25, 0.3) is 0 Å². The van der Waals surface area contributed by atoms with Crippen LogP contribution in [0.3, 0.4) is 0 Å². The third kappa shape index (κ3) is 10.4. The molecule has 0 radical (unpaired) electrons. The van der Waals surface area contributed by atoms with Crippen LogP contribution < -0.4 is 5.32 Å². The summed E-state index contributed by atoms with van der Waals surface area (Å²) in [6, 6.07) is 0.887. The van der Waals surface area contributed by atoms with Crippen molar-refractivity contribution in [2.24, 2.45) is 5.92 Å². The van der Waals surface area contributed by atoms with Gasteiger partial charge in [0.2, 0.25) is 0 Å². The highest BCUT2D eigenvalue weighted by Crippen LogP contribution is 2.21. The predicted octanol–water partition coefficient (Wildman–Crippen LogP) is 5.69. The van der Waals surface area contributed by atoms with E-state index in [-0.39, 0.29) is 0 Å². The van der Waals surface area contributed by atoms with Crippen molar-refractivity contribution in [3.8, 4) is 0 Å². The first-order valence-electron chi connectivity index (χ1n) is 9.10. The number of nitrogens with one attached hydrogen (secondary N) is 1. The monoisotopic (exact) mass is 267 g/mol. The predicted molar refractivity (Wildman–Crippen MR) is 86.6 cm³/mol. The number of unbranched alkanes of at least 4 members (excludes halogenated alkanes) is 7. The molecule has 114 valence electrons. The first kappa shape index (κ1) is 17.0. The van der Waals surface area contributed by atoms with Gasteiger partial charge in [-0.2, -0.15) is 0 Å². The standard InChI is InChI=1S/C18H37N/c1-3-5-6-7-8-9-10-11-13-17(12-4-2)16-19-18-14-15-18/h17-19H,3-16H2,1-2H3. The highest BCUT2D eigenvalue weighted by Gasteiger charge is 2.21. The van der Waals surface area contributed by atoms with Crippen LogP contribution in [0, 0.1) is 5.92 Å². The molecule has 0 aliphatic heterocycles. The Bertz CT molecular complexity index is 186. The van der Waals surface area contributed by atoms with Crippen molar-refractivity contribution < 1.29 is 0 Å². The van der Waals surface area contributed by atoms with E-state index in [1.54, 1.807) is 0 Å². The summed E-state index contributed by atoms with van der Waals surface area (Å²) < 4.78 is 0. The molecule has 0 aromatic heterocycles. The minimum absolute atomic E-state index is 0.887. The Morgan fingerprint density at radius 2 is 1.42 bits per heavy atom. The van der Waals surface area contributed by atoms with E-state index in [1.807, 2.05) is 0 Å².